The van der Waals surface area contributed by atoms with E-state index in [0.717, 1.165) is 18.0 Å². The van der Waals surface area contributed by atoms with Crippen LogP contribution in [0.3, 0.4) is 0 Å². The molecule has 1 atom stereocenters. The van der Waals surface area contributed by atoms with Crippen LogP contribution in [0.1, 0.15) is 18.7 Å². The first-order valence-electron chi connectivity index (χ1n) is 6.20. The molecule has 0 amide bonds. The van der Waals surface area contributed by atoms with Crippen LogP contribution in [0.5, 0.6) is 5.75 Å². The van der Waals surface area contributed by atoms with E-state index in [1.165, 1.54) is 0 Å². The van der Waals surface area contributed by atoms with Crippen LogP contribution in [0.15, 0.2) is 42.6 Å². The number of nitrogens with one attached hydrogen (secondary N) is 1. The summed E-state index contributed by atoms with van der Waals surface area (Å²) in [5.41, 5.74) is 1.01. The Morgan fingerprint density at radius 1 is 1.28 bits per heavy atom. The van der Waals surface area contributed by atoms with Crippen molar-refractivity contribution in [2.24, 2.45) is 7.05 Å². The van der Waals surface area contributed by atoms with Crippen molar-refractivity contribution in [3.05, 3.63) is 48.3 Å². The number of likely N-dealkylation sites (N-methyl/N-ethyl adjacent to an activating group) is 1. The molecule has 18 heavy (non-hydrogen) atoms. The molecule has 1 aromatic heterocycles. The van der Waals surface area contributed by atoms with Crippen molar-refractivity contribution in [2.75, 3.05) is 13.2 Å². The average molecular weight is 245 g/mol. The van der Waals surface area contributed by atoms with Gasteiger partial charge >= 0.3 is 0 Å². The van der Waals surface area contributed by atoms with Gasteiger partial charge < -0.3 is 10.1 Å². The Morgan fingerprint density at radius 3 is 2.67 bits per heavy atom. The van der Waals surface area contributed by atoms with Gasteiger partial charge in [-0.2, -0.15) is 5.10 Å². The molecule has 1 heterocycles. The number of aryl methyl sites for hydroxylation is 1. The summed E-state index contributed by atoms with van der Waals surface area (Å²) in [6.45, 7) is 3.55. The van der Waals surface area contributed by atoms with Gasteiger partial charge in [-0.3, -0.25) is 4.68 Å². The highest BCUT2D eigenvalue weighted by Gasteiger charge is 2.13. The van der Waals surface area contributed by atoms with Crippen molar-refractivity contribution < 1.29 is 4.74 Å². The van der Waals surface area contributed by atoms with Crippen LogP contribution in [0.2, 0.25) is 0 Å². The molecule has 1 N–H and O–H groups in total. The lowest BCUT2D eigenvalue weighted by molar-refractivity contribution is 0.265. The third-order valence-corrected chi connectivity index (χ3v) is 2.70. The summed E-state index contributed by atoms with van der Waals surface area (Å²) in [5, 5.41) is 7.80. The van der Waals surface area contributed by atoms with E-state index in [4.69, 9.17) is 4.74 Å². The van der Waals surface area contributed by atoms with Crippen molar-refractivity contribution in [1.82, 2.24) is 15.1 Å². The first kappa shape index (κ1) is 12.6. The maximum Gasteiger partial charge on any atom is 0.119 e. The fourth-order valence-electron chi connectivity index (χ4n) is 1.81. The highest BCUT2D eigenvalue weighted by Crippen LogP contribution is 2.14. The molecule has 0 aliphatic rings. The summed E-state index contributed by atoms with van der Waals surface area (Å²) in [7, 11) is 1.92. The third-order valence-electron chi connectivity index (χ3n) is 2.70. The van der Waals surface area contributed by atoms with Crippen LogP contribution in [0, 0.1) is 0 Å². The lowest BCUT2D eigenvalue weighted by Gasteiger charge is -2.16. The second-order valence-corrected chi connectivity index (χ2v) is 4.15. The highest BCUT2D eigenvalue weighted by atomic mass is 16.5. The normalized spacial score (nSPS) is 12.3. The topological polar surface area (TPSA) is 39.1 Å². The summed E-state index contributed by atoms with van der Waals surface area (Å²) in [6.07, 6.45) is 1.95. The molecule has 4 nitrogen and oxygen atoms in total. The molecular formula is C14H19N3O. The van der Waals surface area contributed by atoms with E-state index in [0.29, 0.717) is 6.61 Å². The van der Waals surface area contributed by atoms with E-state index in [2.05, 4.69) is 17.3 Å². The lowest BCUT2D eigenvalue weighted by Crippen LogP contribution is -2.27. The van der Waals surface area contributed by atoms with Crippen molar-refractivity contribution in [1.29, 1.82) is 0 Å². The molecule has 0 aliphatic heterocycles. The third kappa shape index (κ3) is 3.34. The van der Waals surface area contributed by atoms with E-state index >= 15 is 0 Å². The van der Waals surface area contributed by atoms with Gasteiger partial charge in [0.25, 0.3) is 0 Å². The summed E-state index contributed by atoms with van der Waals surface area (Å²) in [4.78, 5) is 0. The van der Waals surface area contributed by atoms with Gasteiger partial charge in [0.05, 0.1) is 11.7 Å². The predicted octanol–water partition coefficient (Wildman–Crippen LogP) is 2.15. The molecule has 96 valence electrons. The molecular weight excluding hydrogens is 226 g/mol. The zero-order valence-corrected chi connectivity index (χ0v) is 10.8. The van der Waals surface area contributed by atoms with Gasteiger partial charge in [0.1, 0.15) is 12.4 Å². The summed E-state index contributed by atoms with van der Waals surface area (Å²) < 4.78 is 7.58. The molecule has 0 saturated carbocycles. The minimum Gasteiger partial charge on any atom is -0.492 e. The standard InChI is InChI=1S/C14H19N3O/c1-3-15-14(13-9-10-17(2)16-13)11-18-12-7-5-4-6-8-12/h4-10,14-15H,3,11H2,1-2H3. The Labute approximate surface area is 108 Å². The van der Waals surface area contributed by atoms with E-state index in [9.17, 15) is 0 Å². The Morgan fingerprint density at radius 2 is 2.06 bits per heavy atom. The minimum atomic E-state index is 0.122. The van der Waals surface area contributed by atoms with Crippen molar-refractivity contribution in [2.45, 2.75) is 13.0 Å². The van der Waals surface area contributed by atoms with Gasteiger partial charge in [0.2, 0.25) is 0 Å². The van der Waals surface area contributed by atoms with Crippen LogP contribution in [0.4, 0.5) is 0 Å². The zero-order chi connectivity index (χ0) is 12.8. The second kappa shape index (κ2) is 6.21. The Hall–Kier alpha value is -1.81. The van der Waals surface area contributed by atoms with Crippen LogP contribution in [0.25, 0.3) is 0 Å². The fraction of sp³-hybridized carbons (Fsp3) is 0.357. The van der Waals surface area contributed by atoms with Crippen LogP contribution < -0.4 is 10.1 Å². The summed E-state index contributed by atoms with van der Waals surface area (Å²) >= 11 is 0. The number of hydrogen-bond donors (Lipinski definition) is 1. The highest BCUT2D eigenvalue weighted by molar-refractivity contribution is 5.21. The maximum atomic E-state index is 5.77. The molecule has 0 radical (unpaired) electrons. The van der Waals surface area contributed by atoms with E-state index in [1.807, 2.05) is 54.3 Å². The monoisotopic (exact) mass is 245 g/mol. The number of ether oxygens (including phenoxy) is 1. The molecule has 0 fully saturated rings. The summed E-state index contributed by atoms with van der Waals surface area (Å²) in [5.74, 6) is 0.885. The van der Waals surface area contributed by atoms with Crippen molar-refractivity contribution in [3.8, 4) is 5.75 Å². The average Bonchev–Trinajstić information content (AvgIpc) is 2.82. The number of aromatic nitrogens is 2. The second-order valence-electron chi connectivity index (χ2n) is 4.15. The first-order chi connectivity index (χ1) is 8.79. The number of para-hydroxylation sites is 1. The zero-order valence-electron chi connectivity index (χ0n) is 10.8. The Balaban J connectivity index is 1.98. The SMILES string of the molecule is CCNC(COc1ccccc1)c1ccn(C)n1. The largest absolute Gasteiger partial charge is 0.492 e. The van der Waals surface area contributed by atoms with Crippen molar-refractivity contribution in [3.63, 3.8) is 0 Å². The maximum absolute atomic E-state index is 5.77. The molecule has 0 saturated heterocycles. The van der Waals surface area contributed by atoms with Gasteiger partial charge in [-0.05, 0) is 24.7 Å². The van der Waals surface area contributed by atoms with Crippen LogP contribution in [-0.4, -0.2) is 22.9 Å². The van der Waals surface area contributed by atoms with Gasteiger partial charge in [-0.25, -0.2) is 0 Å². The fourth-order valence-corrected chi connectivity index (χ4v) is 1.81. The van der Waals surface area contributed by atoms with Gasteiger partial charge in [0, 0.05) is 13.2 Å². The van der Waals surface area contributed by atoms with Crippen LogP contribution in [-0.2, 0) is 7.05 Å². The molecule has 2 aromatic rings. The number of hydrogen-bond acceptors (Lipinski definition) is 3. The quantitative estimate of drug-likeness (QED) is 0.847. The number of rotatable bonds is 6. The molecule has 0 spiro atoms. The smallest absolute Gasteiger partial charge is 0.119 e. The number of benzene rings is 1. The van der Waals surface area contributed by atoms with Gasteiger partial charge in [0.15, 0.2) is 0 Å². The Kier molecular flexibility index (Phi) is 4.36. The van der Waals surface area contributed by atoms with Gasteiger partial charge in [-0.1, -0.05) is 25.1 Å². The Bertz CT molecular complexity index is 467. The molecule has 0 aliphatic carbocycles. The lowest BCUT2D eigenvalue weighted by atomic mass is 10.2. The number of nitrogens with zero attached hydrogens (tertiary/aromatic N) is 2. The first-order valence-corrected chi connectivity index (χ1v) is 6.20. The molecule has 0 bridgehead atoms. The summed E-state index contributed by atoms with van der Waals surface area (Å²) in [6, 6.07) is 12.0. The van der Waals surface area contributed by atoms with Crippen molar-refractivity contribution >= 4 is 0 Å². The molecule has 1 aromatic carbocycles. The van der Waals surface area contributed by atoms with E-state index in [1.54, 1.807) is 0 Å². The molecule has 1 unspecified atom stereocenters. The molecule has 4 heteroatoms. The predicted molar refractivity (Wildman–Crippen MR) is 71.6 cm³/mol. The molecule has 2 rings (SSSR count). The van der Waals surface area contributed by atoms with Gasteiger partial charge in [-0.15, -0.1) is 0 Å². The van der Waals surface area contributed by atoms with Crippen LogP contribution >= 0.6 is 0 Å². The minimum absolute atomic E-state index is 0.122. The van der Waals surface area contributed by atoms with E-state index in [-0.39, 0.29) is 6.04 Å². The van der Waals surface area contributed by atoms with E-state index < -0.39 is 0 Å².